The smallest absolute Gasteiger partial charge is 0.311 e. The summed E-state index contributed by atoms with van der Waals surface area (Å²) in [5.41, 5.74) is -1.73. The monoisotopic (exact) mass is 874 g/mol. The highest BCUT2D eigenvalue weighted by Crippen LogP contribution is 2.55. The fourth-order valence-corrected chi connectivity index (χ4v) is 12.5. The van der Waals surface area contributed by atoms with E-state index in [4.69, 9.17) is 42.6 Å². The molecule has 9 heterocycles. The number of Topliss-reactive ketones (excluding diaryl/α,β-unsaturated/α-hetero) is 1. The topological polar surface area (TPSA) is 198 Å². The molecular weight excluding hydrogens is 805 g/mol. The third-order valence-corrected chi connectivity index (χ3v) is 16.0. The van der Waals surface area contributed by atoms with Gasteiger partial charge in [0, 0.05) is 38.5 Å². The van der Waals surface area contributed by atoms with Crippen molar-refractivity contribution in [2.24, 2.45) is 17.8 Å². The summed E-state index contributed by atoms with van der Waals surface area (Å²) in [4.78, 5) is 28.0. The summed E-state index contributed by atoms with van der Waals surface area (Å²) in [5.74, 6) is -5.63. The number of fused-ring (bicyclic) bond motifs is 10. The van der Waals surface area contributed by atoms with E-state index in [1.807, 2.05) is 26.0 Å². The normalized spacial score (nSPS) is 55.0. The maximum absolute atomic E-state index is 14.1. The maximum Gasteiger partial charge on any atom is 0.311 e. The number of carbonyl (C=O) groups excluding carboxylic acids is 2. The van der Waals surface area contributed by atoms with Crippen LogP contribution in [0.5, 0.6) is 0 Å². The van der Waals surface area contributed by atoms with E-state index in [-0.39, 0.29) is 50.1 Å². The first-order valence-electron chi connectivity index (χ1n) is 23.5. The zero-order valence-corrected chi connectivity index (χ0v) is 37.3. The molecule has 9 aliphatic rings. The van der Waals surface area contributed by atoms with Crippen molar-refractivity contribution in [2.75, 3.05) is 13.2 Å². The predicted octanol–water partition coefficient (Wildman–Crippen LogP) is 4.23. The number of aliphatic hydroxyl groups excluding tert-OH is 3. The summed E-state index contributed by atoms with van der Waals surface area (Å²) in [6, 6.07) is 0. The van der Waals surface area contributed by atoms with Crippen molar-refractivity contribution in [3.63, 3.8) is 0 Å². The minimum absolute atomic E-state index is 0.0379. The minimum atomic E-state index is -1.97. The van der Waals surface area contributed by atoms with Gasteiger partial charge in [0.2, 0.25) is 5.79 Å². The lowest BCUT2D eigenvalue weighted by molar-refractivity contribution is -0.365. The Bertz CT molecular complexity index is 1770. The van der Waals surface area contributed by atoms with E-state index in [9.17, 15) is 30.0 Å². The Hall–Kier alpha value is -1.86. The van der Waals surface area contributed by atoms with Crippen molar-refractivity contribution in [1.82, 2.24) is 0 Å². The van der Waals surface area contributed by atoms with Crippen LogP contribution < -0.4 is 0 Å². The number of ether oxygens (including phenoxy) is 9. The number of allylic oxidation sites excluding steroid dienone is 3. The van der Waals surface area contributed by atoms with E-state index in [1.165, 1.54) is 0 Å². The van der Waals surface area contributed by atoms with E-state index >= 15 is 0 Å². The molecule has 0 aromatic carbocycles. The Morgan fingerprint density at radius 1 is 0.806 bits per heavy atom. The molecule has 2 spiro atoms. The quantitative estimate of drug-likeness (QED) is 0.288. The zero-order chi connectivity index (χ0) is 44.0. The molecule has 0 radical (unpaired) electrons. The minimum Gasteiger partial charge on any atom is -0.459 e. The summed E-state index contributed by atoms with van der Waals surface area (Å²) in [6.45, 7) is 11.7. The second kappa shape index (κ2) is 16.5. The van der Waals surface area contributed by atoms with Gasteiger partial charge in [-0.1, -0.05) is 37.6 Å². The Morgan fingerprint density at radius 2 is 1.60 bits per heavy atom. The van der Waals surface area contributed by atoms with Crippen LogP contribution in [0.2, 0.25) is 0 Å². The van der Waals surface area contributed by atoms with Crippen LogP contribution in [-0.2, 0) is 52.2 Å². The fraction of sp³-hybridized carbons (Fsp3) is 0.872. The molecule has 348 valence electrons. The van der Waals surface area contributed by atoms with Crippen molar-refractivity contribution in [2.45, 2.75) is 227 Å². The number of hydrogen-bond donors (Lipinski definition) is 4. The summed E-state index contributed by atoms with van der Waals surface area (Å²) in [6.07, 6.45) is 4.76. The van der Waals surface area contributed by atoms with Crippen molar-refractivity contribution in [1.29, 1.82) is 0 Å². The number of rotatable bonds is 2. The van der Waals surface area contributed by atoms with Crippen molar-refractivity contribution < 1.29 is 72.6 Å². The van der Waals surface area contributed by atoms with Gasteiger partial charge in [-0.05, 0) is 90.9 Å². The molecule has 0 amide bonds. The lowest BCUT2D eigenvalue weighted by atomic mass is 9.87. The van der Waals surface area contributed by atoms with Gasteiger partial charge in [-0.3, -0.25) is 9.59 Å². The van der Waals surface area contributed by atoms with Crippen LogP contribution in [0.15, 0.2) is 23.8 Å². The Morgan fingerprint density at radius 3 is 2.39 bits per heavy atom. The summed E-state index contributed by atoms with van der Waals surface area (Å²) >= 11 is 0. The molecule has 0 aromatic heterocycles. The van der Waals surface area contributed by atoms with Gasteiger partial charge in [-0.15, -0.1) is 0 Å². The molecule has 9 rings (SSSR count). The first-order valence-corrected chi connectivity index (χ1v) is 23.5. The first kappa shape index (κ1) is 45.3. The first-order chi connectivity index (χ1) is 29.3. The number of ketones is 1. The van der Waals surface area contributed by atoms with Crippen LogP contribution in [0.4, 0.5) is 0 Å². The van der Waals surface area contributed by atoms with Gasteiger partial charge >= 0.3 is 5.97 Å². The van der Waals surface area contributed by atoms with E-state index < -0.39 is 107 Å². The number of carbonyl (C=O) groups is 2. The van der Waals surface area contributed by atoms with Gasteiger partial charge in [0.1, 0.15) is 48.3 Å². The molecule has 0 unspecified atom stereocenters. The Kier molecular flexibility index (Phi) is 12.0. The highest BCUT2D eigenvalue weighted by molar-refractivity contribution is 5.86. The molecule has 9 aliphatic heterocycles. The lowest BCUT2D eigenvalue weighted by Crippen LogP contribution is -2.59. The summed E-state index contributed by atoms with van der Waals surface area (Å²) < 4.78 is 58.8. The molecule has 8 fully saturated rings. The van der Waals surface area contributed by atoms with Crippen LogP contribution in [0, 0.1) is 17.8 Å². The molecule has 62 heavy (non-hydrogen) atoms. The van der Waals surface area contributed by atoms with Gasteiger partial charge in [0.15, 0.2) is 17.4 Å². The zero-order valence-electron chi connectivity index (χ0n) is 37.3. The van der Waals surface area contributed by atoms with Crippen LogP contribution in [-0.4, -0.2) is 141 Å². The van der Waals surface area contributed by atoms with Crippen LogP contribution in [0.3, 0.4) is 0 Å². The maximum atomic E-state index is 14.1. The Labute approximate surface area is 365 Å². The average molecular weight is 875 g/mol. The van der Waals surface area contributed by atoms with Crippen molar-refractivity contribution >= 4 is 11.8 Å². The molecular formula is C47H70O15. The molecule has 4 N–H and O–H groups in total. The molecule has 15 nitrogen and oxygen atoms in total. The standard InChI is InChI=1S/C47H70O15/c1-26-9-10-32-34(21-37(55-32)47(53)39(50)28(3)13-19-54-47)56-41(52)29(4)31-8-7-14-45(57-31)16-11-33(58-45)40(51)43(6)23-30(49)38(61-43)35-24-44(25-48)17-18-46(59-35,62-44)36-12-15-42(5,60-36)22-27(2)20-26/h9-10,20,27-29,31-40,48,50-51,53H,7-8,11-19,21-25H2,1-6H3/b10-9+,26-20+/t27-,28+,29+,31-,32+,33-,34+,35+,36+,37-,38-,39+,40-,42+,43+,44-,45+,46-,47+/m1/s1. The summed E-state index contributed by atoms with van der Waals surface area (Å²) in [7, 11) is 0. The van der Waals surface area contributed by atoms with Gasteiger partial charge in [-0.2, -0.15) is 0 Å². The number of hydrogen-bond acceptors (Lipinski definition) is 15. The number of esters is 1. The summed E-state index contributed by atoms with van der Waals surface area (Å²) in [5, 5.41) is 45.5. The van der Waals surface area contributed by atoms with Crippen molar-refractivity contribution in [3.8, 4) is 0 Å². The lowest BCUT2D eigenvalue weighted by Gasteiger charge is -2.47. The molecule has 0 saturated carbocycles. The van der Waals surface area contributed by atoms with E-state index in [0.29, 0.717) is 57.8 Å². The molecule has 8 saturated heterocycles. The molecule has 15 heteroatoms. The SMILES string of the molecule is CC1=C\[C@@H](C)C[C@]2(C)CC[C@H](O2)[C@]23CC[C@](CO)(C[C@H](O2)[C@@H]2O[C@@](C)(CC2=O)[C@H](O)[C@H]2CC[C@]4(CCC[C@@H](O4)[C@H](C)C(=O)O[C@H]4C[C@H]([C@]5(O)OCC[C@H](C)[C@@H]5O)O[C@H]4\C=C\1)O2)O3. The second-order valence-electron chi connectivity index (χ2n) is 21.2. The van der Waals surface area contributed by atoms with E-state index in [2.05, 4.69) is 19.9 Å². The molecule has 0 aliphatic carbocycles. The van der Waals surface area contributed by atoms with Crippen LogP contribution in [0.1, 0.15) is 131 Å². The number of aliphatic hydroxyl groups is 4. The van der Waals surface area contributed by atoms with E-state index in [1.54, 1.807) is 13.8 Å². The van der Waals surface area contributed by atoms with Crippen LogP contribution >= 0.6 is 0 Å². The highest BCUT2D eigenvalue weighted by atomic mass is 16.8. The molecule has 0 aromatic rings. The predicted molar refractivity (Wildman–Crippen MR) is 219 cm³/mol. The third-order valence-electron chi connectivity index (χ3n) is 16.0. The fourth-order valence-electron chi connectivity index (χ4n) is 12.5. The molecule has 10 bridgehead atoms. The largest absolute Gasteiger partial charge is 0.459 e. The van der Waals surface area contributed by atoms with Gasteiger partial charge in [0.05, 0.1) is 48.6 Å². The van der Waals surface area contributed by atoms with E-state index in [0.717, 1.165) is 18.4 Å². The van der Waals surface area contributed by atoms with Gasteiger partial charge < -0.3 is 63.1 Å². The van der Waals surface area contributed by atoms with Gasteiger partial charge in [0.25, 0.3) is 0 Å². The van der Waals surface area contributed by atoms with Gasteiger partial charge in [-0.25, -0.2) is 0 Å². The third kappa shape index (κ3) is 8.09. The molecule has 19 atom stereocenters. The highest BCUT2D eigenvalue weighted by Gasteiger charge is 2.66. The second-order valence-corrected chi connectivity index (χ2v) is 21.2. The Balaban J connectivity index is 1.01. The van der Waals surface area contributed by atoms with Crippen molar-refractivity contribution in [3.05, 3.63) is 23.8 Å². The average Bonchev–Trinajstić information content (AvgIpc) is 4.06. The van der Waals surface area contributed by atoms with Crippen LogP contribution in [0.25, 0.3) is 0 Å².